The van der Waals surface area contributed by atoms with Gasteiger partial charge in [-0.05, 0) is 48.6 Å². The van der Waals surface area contributed by atoms with Crippen LogP contribution in [0.25, 0.3) is 0 Å². The number of ether oxygens (including phenoxy) is 1. The number of rotatable bonds is 4. The molecule has 2 rings (SSSR count). The van der Waals surface area contributed by atoms with E-state index in [0.717, 1.165) is 24.6 Å². The number of fused-ring (bicyclic) bond motifs is 1. The maximum Gasteiger partial charge on any atom is 0.119 e. The molecule has 0 saturated carbocycles. The molecule has 1 aliphatic heterocycles. The Morgan fingerprint density at radius 2 is 2.29 bits per heavy atom. The van der Waals surface area contributed by atoms with Crippen molar-refractivity contribution in [3.63, 3.8) is 0 Å². The van der Waals surface area contributed by atoms with Gasteiger partial charge >= 0.3 is 0 Å². The van der Waals surface area contributed by atoms with Crippen molar-refractivity contribution < 1.29 is 4.74 Å². The molecule has 0 amide bonds. The molecular formula is C15H23NO. The molecule has 0 spiro atoms. The van der Waals surface area contributed by atoms with Crippen molar-refractivity contribution in [3.05, 3.63) is 29.3 Å². The second-order valence-electron chi connectivity index (χ2n) is 5.07. The van der Waals surface area contributed by atoms with E-state index in [-0.39, 0.29) is 0 Å². The van der Waals surface area contributed by atoms with Crippen LogP contribution in [-0.4, -0.2) is 13.7 Å². The molecule has 1 N–H and O–H groups in total. The molecule has 1 aromatic carbocycles. The van der Waals surface area contributed by atoms with Crippen LogP contribution in [0.5, 0.6) is 5.75 Å². The standard InChI is InChI=1S/C15H23NO/c1-4-11(2)9-15-14-10-13(17-3)6-5-12(14)7-8-16-15/h5-6,10-11,15-16H,4,7-9H2,1-3H3. The minimum absolute atomic E-state index is 0.504. The van der Waals surface area contributed by atoms with Gasteiger partial charge in [-0.15, -0.1) is 0 Å². The summed E-state index contributed by atoms with van der Waals surface area (Å²) in [7, 11) is 1.74. The van der Waals surface area contributed by atoms with Gasteiger partial charge in [-0.3, -0.25) is 0 Å². The van der Waals surface area contributed by atoms with E-state index in [9.17, 15) is 0 Å². The van der Waals surface area contributed by atoms with E-state index in [1.165, 1.54) is 24.0 Å². The van der Waals surface area contributed by atoms with Crippen molar-refractivity contribution in [1.29, 1.82) is 0 Å². The molecule has 0 aliphatic carbocycles. The number of benzene rings is 1. The minimum atomic E-state index is 0.504. The lowest BCUT2D eigenvalue weighted by Crippen LogP contribution is -2.30. The van der Waals surface area contributed by atoms with Gasteiger partial charge in [0.05, 0.1) is 7.11 Å². The van der Waals surface area contributed by atoms with Gasteiger partial charge in [0.15, 0.2) is 0 Å². The van der Waals surface area contributed by atoms with E-state index in [1.807, 2.05) is 0 Å². The van der Waals surface area contributed by atoms with Gasteiger partial charge in [0, 0.05) is 6.04 Å². The summed E-state index contributed by atoms with van der Waals surface area (Å²) in [6.45, 7) is 5.69. The first-order chi connectivity index (χ1) is 8.24. The Kier molecular flexibility index (Phi) is 4.06. The number of hydrogen-bond acceptors (Lipinski definition) is 2. The molecule has 1 aliphatic rings. The molecule has 2 atom stereocenters. The van der Waals surface area contributed by atoms with E-state index >= 15 is 0 Å². The first kappa shape index (κ1) is 12.4. The zero-order chi connectivity index (χ0) is 12.3. The Bertz CT molecular complexity index is 375. The SMILES string of the molecule is CCC(C)CC1NCCc2ccc(OC)cc21. The summed E-state index contributed by atoms with van der Waals surface area (Å²) in [4.78, 5) is 0. The maximum absolute atomic E-state index is 5.33. The molecule has 0 saturated heterocycles. The summed E-state index contributed by atoms with van der Waals surface area (Å²) >= 11 is 0. The molecule has 0 fully saturated rings. The zero-order valence-electron chi connectivity index (χ0n) is 11.1. The molecule has 0 aromatic heterocycles. The molecular weight excluding hydrogens is 210 g/mol. The summed E-state index contributed by atoms with van der Waals surface area (Å²) in [6, 6.07) is 7.00. The van der Waals surface area contributed by atoms with Crippen molar-refractivity contribution in [1.82, 2.24) is 5.32 Å². The van der Waals surface area contributed by atoms with Crippen molar-refractivity contribution in [2.24, 2.45) is 5.92 Å². The van der Waals surface area contributed by atoms with Crippen LogP contribution in [0.4, 0.5) is 0 Å². The van der Waals surface area contributed by atoms with E-state index in [1.54, 1.807) is 7.11 Å². The van der Waals surface area contributed by atoms with E-state index in [2.05, 4.69) is 37.4 Å². The maximum atomic E-state index is 5.33. The quantitative estimate of drug-likeness (QED) is 0.861. The first-order valence-electron chi connectivity index (χ1n) is 6.64. The summed E-state index contributed by atoms with van der Waals surface area (Å²) in [5.74, 6) is 1.74. The van der Waals surface area contributed by atoms with Crippen molar-refractivity contribution in [2.45, 2.75) is 39.2 Å². The van der Waals surface area contributed by atoms with Crippen LogP contribution in [0.1, 0.15) is 43.9 Å². The Morgan fingerprint density at radius 3 is 3.00 bits per heavy atom. The van der Waals surface area contributed by atoms with Crippen LogP contribution >= 0.6 is 0 Å². The fraction of sp³-hybridized carbons (Fsp3) is 0.600. The third kappa shape index (κ3) is 2.81. The second-order valence-corrected chi connectivity index (χ2v) is 5.07. The minimum Gasteiger partial charge on any atom is -0.497 e. The summed E-state index contributed by atoms with van der Waals surface area (Å²) in [6.07, 6.45) is 3.60. The van der Waals surface area contributed by atoms with Gasteiger partial charge < -0.3 is 10.1 Å². The lowest BCUT2D eigenvalue weighted by atomic mass is 9.88. The van der Waals surface area contributed by atoms with Gasteiger partial charge in [0.25, 0.3) is 0 Å². The highest BCUT2D eigenvalue weighted by Gasteiger charge is 2.21. The van der Waals surface area contributed by atoms with Crippen molar-refractivity contribution in [2.75, 3.05) is 13.7 Å². The summed E-state index contributed by atoms with van der Waals surface area (Å²) in [5, 5.41) is 3.64. The molecule has 1 aromatic rings. The average Bonchev–Trinajstić information content (AvgIpc) is 2.38. The number of nitrogens with one attached hydrogen (secondary N) is 1. The largest absolute Gasteiger partial charge is 0.497 e. The lowest BCUT2D eigenvalue weighted by molar-refractivity contribution is 0.383. The topological polar surface area (TPSA) is 21.3 Å². The third-order valence-electron chi connectivity index (χ3n) is 3.85. The molecule has 0 radical (unpaired) electrons. The van der Waals surface area contributed by atoms with E-state index < -0.39 is 0 Å². The normalized spacial score (nSPS) is 20.8. The third-order valence-corrected chi connectivity index (χ3v) is 3.85. The van der Waals surface area contributed by atoms with Crippen LogP contribution in [0.2, 0.25) is 0 Å². The molecule has 2 heteroatoms. The lowest BCUT2D eigenvalue weighted by Gasteiger charge is -2.29. The highest BCUT2D eigenvalue weighted by Crippen LogP contribution is 2.31. The van der Waals surface area contributed by atoms with Crippen LogP contribution < -0.4 is 10.1 Å². The molecule has 0 bridgehead atoms. The molecule has 94 valence electrons. The summed E-state index contributed by atoms with van der Waals surface area (Å²) < 4.78 is 5.33. The monoisotopic (exact) mass is 233 g/mol. The highest BCUT2D eigenvalue weighted by atomic mass is 16.5. The Labute approximate surface area is 104 Å². The molecule has 17 heavy (non-hydrogen) atoms. The molecule has 2 unspecified atom stereocenters. The van der Waals surface area contributed by atoms with Crippen molar-refractivity contribution >= 4 is 0 Å². The van der Waals surface area contributed by atoms with Crippen LogP contribution in [0.3, 0.4) is 0 Å². The van der Waals surface area contributed by atoms with Crippen molar-refractivity contribution in [3.8, 4) is 5.75 Å². The van der Waals surface area contributed by atoms with Gasteiger partial charge in [-0.1, -0.05) is 26.3 Å². The fourth-order valence-corrected chi connectivity index (χ4v) is 2.52. The molecule has 1 heterocycles. The van der Waals surface area contributed by atoms with E-state index in [4.69, 9.17) is 4.74 Å². The fourth-order valence-electron chi connectivity index (χ4n) is 2.52. The second kappa shape index (κ2) is 5.54. The van der Waals surface area contributed by atoms with Gasteiger partial charge in [0.2, 0.25) is 0 Å². The Morgan fingerprint density at radius 1 is 1.47 bits per heavy atom. The first-order valence-corrected chi connectivity index (χ1v) is 6.64. The Hall–Kier alpha value is -1.02. The smallest absolute Gasteiger partial charge is 0.119 e. The Balaban J connectivity index is 2.22. The van der Waals surface area contributed by atoms with Gasteiger partial charge in [-0.25, -0.2) is 0 Å². The average molecular weight is 233 g/mol. The van der Waals surface area contributed by atoms with Gasteiger partial charge in [-0.2, -0.15) is 0 Å². The predicted molar refractivity (Wildman–Crippen MR) is 71.5 cm³/mol. The van der Waals surface area contributed by atoms with Crippen LogP contribution in [-0.2, 0) is 6.42 Å². The highest BCUT2D eigenvalue weighted by molar-refractivity contribution is 5.39. The van der Waals surface area contributed by atoms with Crippen LogP contribution in [0.15, 0.2) is 18.2 Å². The zero-order valence-corrected chi connectivity index (χ0v) is 11.1. The summed E-state index contributed by atoms with van der Waals surface area (Å²) in [5.41, 5.74) is 2.92. The molecule has 2 nitrogen and oxygen atoms in total. The predicted octanol–water partition coefficient (Wildman–Crippen LogP) is 3.32. The van der Waals surface area contributed by atoms with E-state index in [0.29, 0.717) is 6.04 Å². The number of methoxy groups -OCH3 is 1. The van der Waals surface area contributed by atoms with Crippen LogP contribution in [0, 0.1) is 5.92 Å². The number of hydrogen-bond donors (Lipinski definition) is 1. The van der Waals surface area contributed by atoms with Gasteiger partial charge in [0.1, 0.15) is 5.75 Å².